The number of nitrogens with two attached hydrogens (primary N) is 1. The molecule has 92 valence electrons. The number of anilines is 1. The molecule has 0 aliphatic carbocycles. The SMILES string of the molecule is Nc1cnn2ccc(C3CCC(=O)NC3=O)cc12. The maximum Gasteiger partial charge on any atom is 0.234 e. The van der Waals surface area contributed by atoms with Gasteiger partial charge in [0.05, 0.1) is 23.3 Å². The van der Waals surface area contributed by atoms with E-state index >= 15 is 0 Å². The van der Waals surface area contributed by atoms with E-state index in [1.54, 1.807) is 16.9 Å². The van der Waals surface area contributed by atoms with Crippen LogP contribution in [0.25, 0.3) is 5.52 Å². The molecular weight excluding hydrogens is 232 g/mol. The fraction of sp³-hybridized carbons (Fsp3) is 0.250. The number of nitrogen functional groups attached to an aromatic ring is 1. The van der Waals surface area contributed by atoms with Gasteiger partial charge in [0.15, 0.2) is 0 Å². The number of hydrogen-bond donors (Lipinski definition) is 2. The van der Waals surface area contributed by atoms with Crippen LogP contribution in [0.15, 0.2) is 24.5 Å². The number of nitrogens with zero attached hydrogens (tertiary/aromatic N) is 2. The second-order valence-corrected chi connectivity index (χ2v) is 4.39. The van der Waals surface area contributed by atoms with E-state index in [4.69, 9.17) is 5.73 Å². The zero-order valence-electron chi connectivity index (χ0n) is 9.59. The van der Waals surface area contributed by atoms with E-state index in [0.29, 0.717) is 18.5 Å². The van der Waals surface area contributed by atoms with Gasteiger partial charge in [-0.05, 0) is 24.1 Å². The molecule has 0 saturated carbocycles. The maximum absolute atomic E-state index is 11.8. The van der Waals surface area contributed by atoms with Gasteiger partial charge in [0.2, 0.25) is 11.8 Å². The zero-order valence-corrected chi connectivity index (χ0v) is 9.59. The second kappa shape index (κ2) is 3.83. The Morgan fingerprint density at radius 1 is 1.44 bits per heavy atom. The van der Waals surface area contributed by atoms with Crippen LogP contribution < -0.4 is 11.1 Å². The van der Waals surface area contributed by atoms with Crippen LogP contribution in [-0.2, 0) is 9.59 Å². The van der Waals surface area contributed by atoms with Crippen LogP contribution in [-0.4, -0.2) is 21.4 Å². The van der Waals surface area contributed by atoms with Crippen molar-refractivity contribution in [3.63, 3.8) is 0 Å². The third-order valence-electron chi connectivity index (χ3n) is 3.22. The van der Waals surface area contributed by atoms with Gasteiger partial charge in [-0.15, -0.1) is 0 Å². The molecule has 1 aliphatic rings. The molecule has 0 bridgehead atoms. The number of rotatable bonds is 1. The van der Waals surface area contributed by atoms with Crippen molar-refractivity contribution >= 4 is 23.0 Å². The molecule has 1 saturated heterocycles. The molecule has 1 fully saturated rings. The van der Waals surface area contributed by atoms with Gasteiger partial charge in [-0.25, -0.2) is 4.52 Å². The number of carbonyl (C=O) groups is 2. The summed E-state index contributed by atoms with van der Waals surface area (Å²) >= 11 is 0. The average Bonchev–Trinajstić information content (AvgIpc) is 2.71. The lowest BCUT2D eigenvalue weighted by molar-refractivity contribution is -0.134. The van der Waals surface area contributed by atoms with Crippen LogP contribution in [0.4, 0.5) is 5.69 Å². The second-order valence-electron chi connectivity index (χ2n) is 4.39. The summed E-state index contributed by atoms with van der Waals surface area (Å²) < 4.78 is 1.66. The van der Waals surface area contributed by atoms with E-state index in [-0.39, 0.29) is 17.7 Å². The molecule has 2 aromatic heterocycles. The van der Waals surface area contributed by atoms with Crippen LogP contribution in [0, 0.1) is 0 Å². The Labute approximate surface area is 103 Å². The van der Waals surface area contributed by atoms with Gasteiger partial charge in [0.25, 0.3) is 0 Å². The predicted molar refractivity (Wildman–Crippen MR) is 64.7 cm³/mol. The molecule has 2 aromatic rings. The van der Waals surface area contributed by atoms with Crippen molar-refractivity contribution in [2.75, 3.05) is 5.73 Å². The molecule has 2 amide bonds. The first-order valence-corrected chi connectivity index (χ1v) is 5.71. The van der Waals surface area contributed by atoms with E-state index in [1.165, 1.54) is 0 Å². The quantitative estimate of drug-likeness (QED) is 0.712. The monoisotopic (exact) mass is 244 g/mol. The van der Waals surface area contributed by atoms with Gasteiger partial charge in [-0.3, -0.25) is 14.9 Å². The Kier molecular flexibility index (Phi) is 2.29. The molecule has 3 heterocycles. The fourth-order valence-electron chi connectivity index (χ4n) is 2.24. The maximum atomic E-state index is 11.8. The lowest BCUT2D eigenvalue weighted by Crippen LogP contribution is -2.39. The Hall–Kier alpha value is -2.37. The normalized spacial score (nSPS) is 20.1. The van der Waals surface area contributed by atoms with Crippen molar-refractivity contribution in [1.29, 1.82) is 0 Å². The number of amides is 2. The number of piperidine rings is 1. The molecule has 1 unspecified atom stereocenters. The van der Waals surface area contributed by atoms with E-state index < -0.39 is 0 Å². The lowest BCUT2D eigenvalue weighted by atomic mass is 9.91. The molecule has 18 heavy (non-hydrogen) atoms. The van der Waals surface area contributed by atoms with Gasteiger partial charge in [-0.2, -0.15) is 5.10 Å². The molecule has 1 atom stereocenters. The van der Waals surface area contributed by atoms with Gasteiger partial charge >= 0.3 is 0 Å². The first kappa shape index (κ1) is 10.8. The Morgan fingerprint density at radius 3 is 3.06 bits per heavy atom. The molecule has 3 N–H and O–H groups in total. The number of carbonyl (C=O) groups excluding carboxylic acids is 2. The summed E-state index contributed by atoms with van der Waals surface area (Å²) in [6, 6.07) is 3.68. The number of hydrogen-bond acceptors (Lipinski definition) is 4. The highest BCUT2D eigenvalue weighted by Crippen LogP contribution is 2.26. The first-order valence-electron chi connectivity index (χ1n) is 5.71. The average molecular weight is 244 g/mol. The van der Waals surface area contributed by atoms with E-state index in [2.05, 4.69) is 10.4 Å². The van der Waals surface area contributed by atoms with E-state index in [9.17, 15) is 9.59 Å². The van der Waals surface area contributed by atoms with Crippen LogP contribution in [0.1, 0.15) is 24.3 Å². The third kappa shape index (κ3) is 1.62. The highest BCUT2D eigenvalue weighted by Gasteiger charge is 2.28. The Balaban J connectivity index is 2.01. The van der Waals surface area contributed by atoms with Crippen LogP contribution in [0.5, 0.6) is 0 Å². The highest BCUT2D eigenvalue weighted by atomic mass is 16.2. The number of fused-ring (bicyclic) bond motifs is 1. The van der Waals surface area contributed by atoms with Crippen LogP contribution in [0.3, 0.4) is 0 Å². The van der Waals surface area contributed by atoms with Crippen molar-refractivity contribution in [3.8, 4) is 0 Å². The zero-order chi connectivity index (χ0) is 12.7. The summed E-state index contributed by atoms with van der Waals surface area (Å²) in [5, 5.41) is 6.43. The topological polar surface area (TPSA) is 89.5 Å². The first-order chi connectivity index (χ1) is 8.65. The number of aromatic nitrogens is 2. The predicted octanol–water partition coefficient (Wildman–Crippen LogP) is 0.437. The molecule has 6 nitrogen and oxygen atoms in total. The van der Waals surface area contributed by atoms with Crippen molar-refractivity contribution in [3.05, 3.63) is 30.1 Å². The summed E-state index contributed by atoms with van der Waals surface area (Å²) in [6.45, 7) is 0. The summed E-state index contributed by atoms with van der Waals surface area (Å²) in [7, 11) is 0. The van der Waals surface area contributed by atoms with Gasteiger partial charge in [0.1, 0.15) is 0 Å². The fourth-order valence-corrected chi connectivity index (χ4v) is 2.24. The summed E-state index contributed by atoms with van der Waals surface area (Å²) in [5.41, 5.74) is 8.00. The molecule has 1 aliphatic heterocycles. The molecule has 0 radical (unpaired) electrons. The minimum atomic E-state index is -0.290. The number of pyridine rings is 1. The largest absolute Gasteiger partial charge is 0.396 e. The number of imide groups is 1. The van der Waals surface area contributed by atoms with Crippen LogP contribution in [0.2, 0.25) is 0 Å². The summed E-state index contributed by atoms with van der Waals surface area (Å²) in [5.74, 6) is -0.739. The standard InChI is InChI=1S/C12H12N4O2/c13-9-6-14-16-4-3-7(5-10(9)16)8-1-2-11(17)15-12(8)18/h3-6,8H,1-2,13H2,(H,15,17,18). The van der Waals surface area contributed by atoms with Crippen molar-refractivity contribution < 1.29 is 9.59 Å². The van der Waals surface area contributed by atoms with Crippen molar-refractivity contribution in [2.24, 2.45) is 0 Å². The lowest BCUT2D eigenvalue weighted by Gasteiger charge is -2.21. The van der Waals surface area contributed by atoms with E-state index in [1.807, 2.05) is 12.1 Å². The van der Waals surface area contributed by atoms with Gasteiger partial charge < -0.3 is 5.73 Å². The molecule has 0 spiro atoms. The minimum absolute atomic E-state index is 0.207. The van der Waals surface area contributed by atoms with Crippen molar-refractivity contribution in [1.82, 2.24) is 14.9 Å². The van der Waals surface area contributed by atoms with Gasteiger partial charge in [0, 0.05) is 12.6 Å². The highest BCUT2D eigenvalue weighted by molar-refractivity contribution is 6.01. The third-order valence-corrected chi connectivity index (χ3v) is 3.22. The smallest absolute Gasteiger partial charge is 0.234 e. The van der Waals surface area contributed by atoms with E-state index in [0.717, 1.165) is 11.1 Å². The Bertz CT molecular complexity index is 647. The minimum Gasteiger partial charge on any atom is -0.396 e. The molecule has 0 aromatic carbocycles. The molecule has 6 heteroatoms. The molecular formula is C12H12N4O2. The van der Waals surface area contributed by atoms with Crippen LogP contribution >= 0.6 is 0 Å². The Morgan fingerprint density at radius 2 is 2.28 bits per heavy atom. The summed E-state index contributed by atoms with van der Waals surface area (Å²) in [4.78, 5) is 22.9. The summed E-state index contributed by atoms with van der Waals surface area (Å²) in [6.07, 6.45) is 4.25. The van der Waals surface area contributed by atoms with Crippen molar-refractivity contribution in [2.45, 2.75) is 18.8 Å². The molecule has 3 rings (SSSR count). The van der Waals surface area contributed by atoms with Gasteiger partial charge in [-0.1, -0.05) is 0 Å². The number of nitrogens with one attached hydrogen (secondary N) is 1.